The van der Waals surface area contributed by atoms with Crippen molar-refractivity contribution in [1.82, 2.24) is 15.2 Å². The topological polar surface area (TPSA) is 152 Å². The summed E-state index contributed by atoms with van der Waals surface area (Å²) in [4.78, 5) is 54.9. The number of thioether (sulfide) groups is 1. The molecule has 2 aliphatic rings. The van der Waals surface area contributed by atoms with Crippen molar-refractivity contribution in [2.75, 3.05) is 38.0 Å². The van der Waals surface area contributed by atoms with Crippen LogP contribution in [0.2, 0.25) is 0 Å². The Hall–Kier alpha value is -7.36. The molecule has 14 heteroatoms. The van der Waals surface area contributed by atoms with Crippen molar-refractivity contribution in [3.63, 3.8) is 0 Å². The highest BCUT2D eigenvalue weighted by atomic mass is 32.2. The van der Waals surface area contributed by atoms with Gasteiger partial charge in [0.15, 0.2) is 10.8 Å². The van der Waals surface area contributed by atoms with Gasteiger partial charge in [0, 0.05) is 34.9 Å². The van der Waals surface area contributed by atoms with Gasteiger partial charge in [0.25, 0.3) is 11.8 Å². The van der Waals surface area contributed by atoms with Gasteiger partial charge in [-0.15, -0.1) is 23.1 Å². The van der Waals surface area contributed by atoms with Gasteiger partial charge in [-0.3, -0.25) is 14.5 Å². The number of carbonyl (C=O) groups excluding carboxylic acids is 2. The van der Waals surface area contributed by atoms with Crippen LogP contribution in [0.5, 0.6) is 0 Å². The Morgan fingerprint density at radius 1 is 0.721 bits per heavy atom. The van der Waals surface area contributed by atoms with Crippen LogP contribution in [-0.4, -0.2) is 82.6 Å². The minimum absolute atomic E-state index is 0.0198. The number of thiazole rings is 1. The maximum absolute atomic E-state index is 15.0. The van der Waals surface area contributed by atoms with E-state index >= 15 is 4.79 Å². The number of carboxylic acids is 1. The molecule has 7 aromatic rings. The van der Waals surface area contributed by atoms with Gasteiger partial charge in [0.2, 0.25) is 5.60 Å². The zero-order chi connectivity index (χ0) is 46.9. The highest BCUT2D eigenvalue weighted by Gasteiger charge is 2.54. The number of hydrogen-bond acceptors (Lipinski definition) is 11. The zero-order valence-electron chi connectivity index (χ0n) is 36.9. The fourth-order valence-electron chi connectivity index (χ4n) is 8.72. The molecule has 2 atom stereocenters. The van der Waals surface area contributed by atoms with Crippen LogP contribution in [0, 0.1) is 0 Å². The number of carbonyl (C=O) groups is 3. The maximum Gasteiger partial charge on any atom is 0.352 e. The first-order chi connectivity index (χ1) is 33.3. The molecule has 1 aromatic heterocycles. The number of oxime groups is 1. The van der Waals surface area contributed by atoms with Gasteiger partial charge in [-0.05, 0) is 22.3 Å². The molecule has 0 spiro atoms. The lowest BCUT2D eigenvalue weighted by molar-refractivity contribution is -0.150. The van der Waals surface area contributed by atoms with Crippen molar-refractivity contribution in [2.24, 2.45) is 5.16 Å². The molecule has 1 unspecified atom stereocenters. The first-order valence-electron chi connectivity index (χ1n) is 22.0. The molecule has 3 N–H and O–H groups in total. The monoisotopic (exact) mass is 941 g/mol. The van der Waals surface area contributed by atoms with E-state index in [2.05, 4.69) is 47.0 Å². The molecule has 9 rings (SSSR count). The van der Waals surface area contributed by atoms with Gasteiger partial charge in [-0.1, -0.05) is 187 Å². The lowest BCUT2D eigenvalue weighted by Gasteiger charge is -2.49. The molecule has 1 fully saturated rings. The third kappa shape index (κ3) is 8.94. The number of anilines is 1. The van der Waals surface area contributed by atoms with E-state index in [1.54, 1.807) is 12.5 Å². The second-order valence-corrected chi connectivity index (χ2v) is 17.9. The second-order valence-electron chi connectivity index (χ2n) is 16.0. The number of ether oxygens (including phenoxy) is 2. The van der Waals surface area contributed by atoms with Crippen molar-refractivity contribution in [3.05, 3.63) is 238 Å². The molecular weight excluding hydrogens is 895 g/mol. The SMILES string of the molecule is COCCOCC1=C(C(=O)O)N2C(=O)C(NC(=O)C(=NOC(c3ccccc3)(c3ccccc3)c3ccccc3)c3csc(NC(c4ccccc4)(c4ccccc4)c4ccccc4)n3)[C@@H]2SC1. The molecule has 68 heavy (non-hydrogen) atoms. The number of hydrogen-bond donors (Lipinski definition) is 3. The Morgan fingerprint density at radius 2 is 1.19 bits per heavy atom. The first-order valence-corrected chi connectivity index (χ1v) is 23.9. The molecule has 3 heterocycles. The number of aromatic nitrogens is 1. The van der Waals surface area contributed by atoms with Crippen LogP contribution in [0.15, 0.2) is 204 Å². The summed E-state index contributed by atoms with van der Waals surface area (Å²) < 4.78 is 10.7. The summed E-state index contributed by atoms with van der Waals surface area (Å²) in [7, 11) is 1.55. The summed E-state index contributed by atoms with van der Waals surface area (Å²) >= 11 is 2.63. The number of nitrogens with one attached hydrogen (secondary N) is 2. The van der Waals surface area contributed by atoms with Gasteiger partial charge < -0.3 is 30.1 Å². The Bertz CT molecular complexity index is 2710. The first kappa shape index (κ1) is 45.8. The normalized spacial score (nSPS) is 16.1. The van der Waals surface area contributed by atoms with Gasteiger partial charge in [-0.25, -0.2) is 9.78 Å². The fourth-order valence-corrected chi connectivity index (χ4v) is 10.8. The molecule has 12 nitrogen and oxygen atoms in total. The van der Waals surface area contributed by atoms with Crippen molar-refractivity contribution in [2.45, 2.75) is 22.6 Å². The molecular formula is C54H47N5O7S2. The van der Waals surface area contributed by atoms with E-state index < -0.39 is 40.3 Å². The average molecular weight is 942 g/mol. The molecule has 2 amide bonds. The Kier molecular flexibility index (Phi) is 13.9. The number of carboxylic acid groups (broad SMARTS) is 1. The van der Waals surface area contributed by atoms with Crippen LogP contribution < -0.4 is 10.6 Å². The molecule has 0 aliphatic carbocycles. The van der Waals surface area contributed by atoms with Crippen molar-refractivity contribution in [3.8, 4) is 0 Å². The predicted octanol–water partition coefficient (Wildman–Crippen LogP) is 8.66. The van der Waals surface area contributed by atoms with Crippen molar-refractivity contribution < 1.29 is 33.8 Å². The Labute approximate surface area is 402 Å². The van der Waals surface area contributed by atoms with Crippen LogP contribution in [0.4, 0.5) is 5.13 Å². The Morgan fingerprint density at radius 3 is 1.65 bits per heavy atom. The quantitative estimate of drug-likeness (QED) is 0.0236. The van der Waals surface area contributed by atoms with E-state index in [4.69, 9.17) is 24.5 Å². The fraction of sp³-hybridized carbons (Fsp3) is 0.167. The van der Waals surface area contributed by atoms with E-state index in [0.717, 1.165) is 33.4 Å². The highest BCUT2D eigenvalue weighted by molar-refractivity contribution is 8.00. The minimum atomic E-state index is -1.36. The van der Waals surface area contributed by atoms with Gasteiger partial charge in [0.05, 0.1) is 19.8 Å². The number of nitrogens with zero attached hydrogens (tertiary/aromatic N) is 3. The second kappa shape index (κ2) is 20.7. The largest absolute Gasteiger partial charge is 0.477 e. The predicted molar refractivity (Wildman–Crippen MR) is 264 cm³/mol. The smallest absolute Gasteiger partial charge is 0.352 e. The van der Waals surface area contributed by atoms with Crippen molar-refractivity contribution >= 4 is 51.7 Å². The molecule has 1 saturated heterocycles. The van der Waals surface area contributed by atoms with Gasteiger partial charge >= 0.3 is 5.97 Å². The summed E-state index contributed by atoms with van der Waals surface area (Å²) in [6, 6.07) is 58.2. The van der Waals surface area contributed by atoms with Crippen LogP contribution >= 0.6 is 23.1 Å². The van der Waals surface area contributed by atoms with E-state index in [-0.39, 0.29) is 36.1 Å². The maximum atomic E-state index is 15.0. The molecule has 342 valence electrons. The van der Waals surface area contributed by atoms with Crippen LogP contribution in [0.1, 0.15) is 39.1 Å². The lowest BCUT2D eigenvalue weighted by Crippen LogP contribution is -2.71. The third-order valence-electron chi connectivity index (χ3n) is 11.9. The summed E-state index contributed by atoms with van der Waals surface area (Å²) in [6.07, 6.45) is 0. The number of fused-ring (bicyclic) bond motifs is 1. The lowest BCUT2D eigenvalue weighted by atomic mass is 9.77. The molecule has 0 saturated carbocycles. The number of benzene rings is 6. The van der Waals surface area contributed by atoms with Crippen LogP contribution in [0.25, 0.3) is 0 Å². The minimum Gasteiger partial charge on any atom is -0.477 e. The van der Waals surface area contributed by atoms with E-state index in [1.165, 1.54) is 28.0 Å². The zero-order valence-corrected chi connectivity index (χ0v) is 38.6. The van der Waals surface area contributed by atoms with E-state index in [1.807, 2.05) is 146 Å². The number of aliphatic carboxylic acids is 1. The summed E-state index contributed by atoms with van der Waals surface area (Å²) in [6.45, 7) is 0.618. The standard InChI is InChI=1S/C54H47N5O7S2/c1-64-32-33-65-34-37-35-67-50-46(49(61)59(50)47(37)51(62)63)56-48(60)45(58-66-54(41-26-14-5-15-27-41,42-28-16-6-17-29-42)43-30-18-7-19-31-43)44-36-68-52(55-44)57-53(38-20-8-2-9-21-38,39-22-10-3-11-23-39)40-24-12-4-13-25-40/h2-31,36,46,50H,32-35H2,1H3,(H,55,57)(H,56,60)(H,62,63)/t46?,50-/m0/s1. The Balaban J connectivity index is 1.14. The summed E-state index contributed by atoms with van der Waals surface area (Å²) in [5.74, 6) is -2.29. The van der Waals surface area contributed by atoms with Gasteiger partial charge in [0.1, 0.15) is 28.3 Å². The van der Waals surface area contributed by atoms with Crippen molar-refractivity contribution in [1.29, 1.82) is 0 Å². The number of methoxy groups -OCH3 is 1. The van der Waals surface area contributed by atoms with Crippen LogP contribution in [-0.2, 0) is 39.8 Å². The summed E-state index contributed by atoms with van der Waals surface area (Å²) in [5, 5.41) is 23.3. The van der Waals surface area contributed by atoms with E-state index in [0.29, 0.717) is 17.3 Å². The number of amides is 2. The molecule has 0 bridgehead atoms. The third-order valence-corrected chi connectivity index (χ3v) is 14.0. The van der Waals surface area contributed by atoms with E-state index in [9.17, 15) is 14.7 Å². The summed E-state index contributed by atoms with van der Waals surface area (Å²) in [5.41, 5.74) is 3.13. The molecule has 0 radical (unpaired) electrons. The average Bonchev–Trinajstić information content (AvgIpc) is 3.86. The van der Waals surface area contributed by atoms with Gasteiger partial charge in [-0.2, -0.15) is 0 Å². The number of β-lactam (4-membered cyclic amide) rings is 1. The number of rotatable bonds is 19. The molecule has 2 aliphatic heterocycles. The molecule has 6 aromatic carbocycles. The highest BCUT2D eigenvalue weighted by Crippen LogP contribution is 2.44. The van der Waals surface area contributed by atoms with Crippen LogP contribution in [0.3, 0.4) is 0 Å².